The number of halogens is 3. The first kappa shape index (κ1) is 14.0. The summed E-state index contributed by atoms with van der Waals surface area (Å²) in [4.78, 5) is 0. The van der Waals surface area contributed by atoms with Crippen LogP contribution < -0.4 is 16.2 Å². The van der Waals surface area contributed by atoms with Crippen LogP contribution in [0, 0.1) is 0 Å². The number of hydrogen-bond acceptors (Lipinski definition) is 3. The van der Waals surface area contributed by atoms with Crippen LogP contribution in [-0.4, -0.2) is 7.11 Å². The third-order valence-electron chi connectivity index (χ3n) is 2.85. The van der Waals surface area contributed by atoms with Gasteiger partial charge in [0.25, 0.3) is 0 Å². The molecule has 0 saturated heterocycles. The zero-order valence-electron chi connectivity index (χ0n) is 10.7. The molecule has 0 spiro atoms. The molecule has 6 heteroatoms. The minimum Gasteiger partial charge on any atom is -0.496 e. The average molecular weight is 282 g/mol. The van der Waals surface area contributed by atoms with Gasteiger partial charge in [0.05, 0.1) is 12.7 Å². The van der Waals surface area contributed by atoms with Crippen molar-refractivity contribution in [3.8, 4) is 16.9 Å². The molecule has 0 radical (unpaired) electrons. The molecule has 0 saturated carbocycles. The van der Waals surface area contributed by atoms with Gasteiger partial charge in [0.15, 0.2) is 0 Å². The van der Waals surface area contributed by atoms with Gasteiger partial charge in [-0.05, 0) is 23.8 Å². The normalized spacial score (nSPS) is 11.4. The maximum absolute atomic E-state index is 13.2. The minimum atomic E-state index is -4.53. The summed E-state index contributed by atoms with van der Waals surface area (Å²) < 4.78 is 44.6. The van der Waals surface area contributed by atoms with E-state index in [0.29, 0.717) is 11.3 Å². The molecule has 2 rings (SSSR count). The molecule has 0 heterocycles. The van der Waals surface area contributed by atoms with Crippen molar-refractivity contribution in [2.75, 3.05) is 18.6 Å². The van der Waals surface area contributed by atoms with Crippen LogP contribution in [-0.2, 0) is 6.18 Å². The van der Waals surface area contributed by atoms with Crippen LogP contribution in [0.15, 0.2) is 36.4 Å². The molecule has 4 N–H and O–H groups in total. The van der Waals surface area contributed by atoms with Gasteiger partial charge in [-0.2, -0.15) is 13.2 Å². The largest absolute Gasteiger partial charge is 0.496 e. The van der Waals surface area contributed by atoms with Crippen LogP contribution in [0.25, 0.3) is 11.1 Å². The zero-order chi connectivity index (χ0) is 14.9. The molecule has 0 atom stereocenters. The Labute approximate surface area is 114 Å². The molecule has 0 aliphatic rings. The summed E-state index contributed by atoms with van der Waals surface area (Å²) in [5.41, 5.74) is 11.0. The van der Waals surface area contributed by atoms with Crippen LogP contribution in [0.2, 0.25) is 0 Å². The van der Waals surface area contributed by atoms with E-state index in [1.165, 1.54) is 37.4 Å². The minimum absolute atomic E-state index is 0.00614. The second-order valence-corrected chi connectivity index (χ2v) is 4.27. The van der Waals surface area contributed by atoms with Crippen molar-refractivity contribution in [2.24, 2.45) is 0 Å². The molecule has 0 fully saturated rings. The van der Waals surface area contributed by atoms with Crippen LogP contribution in [0.3, 0.4) is 0 Å². The molecule has 3 nitrogen and oxygen atoms in total. The second kappa shape index (κ2) is 4.96. The van der Waals surface area contributed by atoms with E-state index in [4.69, 9.17) is 16.2 Å². The highest BCUT2D eigenvalue weighted by Crippen LogP contribution is 2.43. The molecule has 2 aromatic carbocycles. The Balaban J connectivity index is 2.75. The number of nitrogen functional groups attached to an aromatic ring is 2. The van der Waals surface area contributed by atoms with E-state index < -0.39 is 11.7 Å². The molecule has 0 unspecified atom stereocenters. The fraction of sp³-hybridized carbons (Fsp3) is 0.143. The first-order valence-corrected chi connectivity index (χ1v) is 5.73. The molecular formula is C14H13F3N2O. The van der Waals surface area contributed by atoms with E-state index in [9.17, 15) is 13.2 Å². The lowest BCUT2D eigenvalue weighted by molar-refractivity contribution is -0.137. The molecule has 106 valence electrons. The molecule has 0 bridgehead atoms. The maximum atomic E-state index is 13.2. The summed E-state index contributed by atoms with van der Waals surface area (Å²) in [6.07, 6.45) is -4.53. The van der Waals surface area contributed by atoms with Crippen LogP contribution in [0.1, 0.15) is 5.56 Å². The molecule has 20 heavy (non-hydrogen) atoms. The second-order valence-electron chi connectivity index (χ2n) is 4.27. The summed E-state index contributed by atoms with van der Waals surface area (Å²) in [6, 6.07) is 8.35. The molecular weight excluding hydrogens is 269 g/mol. The van der Waals surface area contributed by atoms with E-state index in [1.807, 2.05) is 0 Å². The SMILES string of the molecule is COc1cc(N)cc(C(F)(F)F)c1-c1ccc(N)cc1. The summed E-state index contributed by atoms with van der Waals surface area (Å²) in [5, 5.41) is 0. The van der Waals surface area contributed by atoms with Gasteiger partial charge in [-0.25, -0.2) is 0 Å². The Morgan fingerprint density at radius 2 is 1.55 bits per heavy atom. The Bertz CT molecular complexity index is 622. The van der Waals surface area contributed by atoms with Gasteiger partial charge >= 0.3 is 6.18 Å². The highest BCUT2D eigenvalue weighted by atomic mass is 19.4. The monoisotopic (exact) mass is 282 g/mol. The number of methoxy groups -OCH3 is 1. The lowest BCUT2D eigenvalue weighted by atomic mass is 9.97. The molecule has 0 amide bonds. The molecule has 0 aromatic heterocycles. The number of alkyl halides is 3. The molecule has 0 aliphatic carbocycles. The first-order chi connectivity index (χ1) is 9.32. The summed E-state index contributed by atoms with van der Waals surface area (Å²) in [6.45, 7) is 0. The van der Waals surface area contributed by atoms with Crippen molar-refractivity contribution >= 4 is 11.4 Å². The Hall–Kier alpha value is -2.37. The van der Waals surface area contributed by atoms with Crippen molar-refractivity contribution in [2.45, 2.75) is 6.18 Å². The predicted octanol–water partition coefficient (Wildman–Crippen LogP) is 3.55. The summed E-state index contributed by atoms with van der Waals surface area (Å²) >= 11 is 0. The highest BCUT2D eigenvalue weighted by Gasteiger charge is 2.35. The zero-order valence-corrected chi connectivity index (χ0v) is 10.7. The third kappa shape index (κ3) is 2.64. The summed E-state index contributed by atoms with van der Waals surface area (Å²) in [5.74, 6) is 0.0714. The highest BCUT2D eigenvalue weighted by molar-refractivity contribution is 5.78. The van der Waals surface area contributed by atoms with E-state index >= 15 is 0 Å². The van der Waals surface area contributed by atoms with Crippen LogP contribution in [0.4, 0.5) is 24.5 Å². The fourth-order valence-electron chi connectivity index (χ4n) is 1.97. The van der Waals surface area contributed by atoms with Gasteiger partial charge < -0.3 is 16.2 Å². The predicted molar refractivity (Wildman–Crippen MR) is 72.3 cm³/mol. The third-order valence-corrected chi connectivity index (χ3v) is 2.85. The van der Waals surface area contributed by atoms with Gasteiger partial charge in [-0.3, -0.25) is 0 Å². The van der Waals surface area contributed by atoms with Crippen molar-refractivity contribution in [3.63, 3.8) is 0 Å². The Morgan fingerprint density at radius 3 is 2.05 bits per heavy atom. The number of anilines is 2. The van der Waals surface area contributed by atoms with Gasteiger partial charge in [0.1, 0.15) is 5.75 Å². The van der Waals surface area contributed by atoms with Crippen LogP contribution >= 0.6 is 0 Å². The van der Waals surface area contributed by atoms with Crippen molar-refractivity contribution < 1.29 is 17.9 Å². The fourth-order valence-corrected chi connectivity index (χ4v) is 1.97. The lowest BCUT2D eigenvalue weighted by Crippen LogP contribution is -2.09. The van der Waals surface area contributed by atoms with E-state index in [-0.39, 0.29) is 17.0 Å². The molecule has 0 aliphatic heterocycles. The van der Waals surface area contributed by atoms with Crippen molar-refractivity contribution in [3.05, 3.63) is 42.0 Å². The smallest absolute Gasteiger partial charge is 0.417 e. The van der Waals surface area contributed by atoms with E-state index in [0.717, 1.165) is 6.07 Å². The first-order valence-electron chi connectivity index (χ1n) is 5.73. The maximum Gasteiger partial charge on any atom is 0.417 e. The lowest BCUT2D eigenvalue weighted by Gasteiger charge is -2.17. The Kier molecular flexibility index (Phi) is 3.48. The Morgan fingerprint density at radius 1 is 0.950 bits per heavy atom. The number of hydrogen-bond donors (Lipinski definition) is 2. The quantitative estimate of drug-likeness (QED) is 0.828. The number of benzene rings is 2. The van der Waals surface area contributed by atoms with Gasteiger partial charge in [0, 0.05) is 23.0 Å². The topological polar surface area (TPSA) is 61.3 Å². The van der Waals surface area contributed by atoms with E-state index in [1.54, 1.807) is 0 Å². The van der Waals surface area contributed by atoms with Gasteiger partial charge in [0.2, 0.25) is 0 Å². The average Bonchev–Trinajstić information content (AvgIpc) is 2.38. The van der Waals surface area contributed by atoms with Gasteiger partial charge in [-0.15, -0.1) is 0 Å². The standard InChI is InChI=1S/C14H13F3N2O/c1-20-12-7-10(19)6-11(14(15,16)17)13(12)8-2-4-9(18)5-3-8/h2-7H,18-19H2,1H3. The number of nitrogens with two attached hydrogens (primary N) is 2. The molecule has 2 aromatic rings. The van der Waals surface area contributed by atoms with Crippen molar-refractivity contribution in [1.29, 1.82) is 0 Å². The van der Waals surface area contributed by atoms with E-state index in [2.05, 4.69) is 0 Å². The number of rotatable bonds is 2. The van der Waals surface area contributed by atoms with Gasteiger partial charge in [-0.1, -0.05) is 12.1 Å². The number of ether oxygens (including phenoxy) is 1. The van der Waals surface area contributed by atoms with Crippen LogP contribution in [0.5, 0.6) is 5.75 Å². The summed E-state index contributed by atoms with van der Waals surface area (Å²) in [7, 11) is 1.30. The van der Waals surface area contributed by atoms with Crippen molar-refractivity contribution in [1.82, 2.24) is 0 Å².